The summed E-state index contributed by atoms with van der Waals surface area (Å²) >= 11 is 1.52. The molecular formula is C19H20N6S. The third-order valence-electron chi connectivity index (χ3n) is 3.85. The molecule has 0 amide bonds. The van der Waals surface area contributed by atoms with Gasteiger partial charge in [0.15, 0.2) is 0 Å². The zero-order chi connectivity index (χ0) is 18.4. The molecule has 0 aromatic carbocycles. The Labute approximate surface area is 157 Å². The zero-order valence-corrected chi connectivity index (χ0v) is 15.5. The Hall–Kier alpha value is -2.85. The molecule has 1 aliphatic heterocycles. The predicted octanol–water partition coefficient (Wildman–Crippen LogP) is 3.55. The number of allylic oxidation sites excluding steroid dienone is 2. The van der Waals surface area contributed by atoms with E-state index in [0.717, 1.165) is 22.7 Å². The molecule has 0 saturated heterocycles. The lowest BCUT2D eigenvalue weighted by Gasteiger charge is -2.10. The minimum atomic E-state index is 0.384. The number of nitriles is 1. The topological polar surface area (TPSA) is 86.5 Å². The maximum atomic E-state index is 9.61. The van der Waals surface area contributed by atoms with E-state index in [9.17, 15) is 5.26 Å². The molecule has 0 aliphatic carbocycles. The SMILES string of the molecule is CC(C)C1=CSC(=C(C#N)c2ccnc(NCCc3cccnc3)n2)N1. The number of nitrogens with one attached hydrogen (secondary N) is 2. The molecule has 6 nitrogen and oxygen atoms in total. The first kappa shape index (κ1) is 18.0. The minimum Gasteiger partial charge on any atom is -0.354 e. The molecule has 7 heteroatoms. The number of hydrogen-bond donors (Lipinski definition) is 2. The van der Waals surface area contributed by atoms with E-state index < -0.39 is 0 Å². The van der Waals surface area contributed by atoms with Crippen LogP contribution in [-0.4, -0.2) is 21.5 Å². The van der Waals surface area contributed by atoms with Gasteiger partial charge in [-0.1, -0.05) is 31.7 Å². The van der Waals surface area contributed by atoms with Gasteiger partial charge in [-0.05, 0) is 35.4 Å². The predicted molar refractivity (Wildman–Crippen MR) is 105 cm³/mol. The summed E-state index contributed by atoms with van der Waals surface area (Å²) in [6.07, 6.45) is 6.10. The monoisotopic (exact) mass is 364 g/mol. The van der Waals surface area contributed by atoms with Crippen LogP contribution in [0, 0.1) is 17.2 Å². The highest BCUT2D eigenvalue weighted by Crippen LogP contribution is 2.33. The quantitative estimate of drug-likeness (QED) is 0.758. The van der Waals surface area contributed by atoms with Crippen molar-refractivity contribution in [1.82, 2.24) is 20.3 Å². The van der Waals surface area contributed by atoms with Crippen LogP contribution in [0.2, 0.25) is 0 Å². The van der Waals surface area contributed by atoms with Crippen molar-refractivity contribution in [2.75, 3.05) is 11.9 Å². The average Bonchev–Trinajstić information content (AvgIpc) is 3.14. The lowest BCUT2D eigenvalue weighted by Crippen LogP contribution is -2.12. The van der Waals surface area contributed by atoms with Gasteiger partial charge >= 0.3 is 0 Å². The number of hydrogen-bond acceptors (Lipinski definition) is 7. The fourth-order valence-corrected chi connectivity index (χ4v) is 3.41. The molecule has 2 N–H and O–H groups in total. The van der Waals surface area contributed by atoms with Crippen molar-refractivity contribution in [2.45, 2.75) is 20.3 Å². The molecule has 26 heavy (non-hydrogen) atoms. The lowest BCUT2D eigenvalue weighted by atomic mass is 10.1. The summed E-state index contributed by atoms with van der Waals surface area (Å²) in [6.45, 7) is 4.92. The van der Waals surface area contributed by atoms with Crippen LogP contribution >= 0.6 is 11.8 Å². The molecule has 3 heterocycles. The molecule has 2 aromatic heterocycles. The van der Waals surface area contributed by atoms with Gasteiger partial charge in [0.2, 0.25) is 5.95 Å². The van der Waals surface area contributed by atoms with E-state index in [4.69, 9.17) is 0 Å². The van der Waals surface area contributed by atoms with Gasteiger partial charge < -0.3 is 10.6 Å². The smallest absolute Gasteiger partial charge is 0.223 e. The molecule has 0 radical (unpaired) electrons. The van der Waals surface area contributed by atoms with E-state index >= 15 is 0 Å². The summed E-state index contributed by atoms with van der Waals surface area (Å²) in [6, 6.07) is 7.98. The fraction of sp³-hybridized carbons (Fsp3) is 0.263. The molecule has 0 atom stereocenters. The Morgan fingerprint density at radius 1 is 1.35 bits per heavy atom. The minimum absolute atomic E-state index is 0.384. The molecule has 2 aromatic rings. The normalized spacial score (nSPS) is 15.2. The van der Waals surface area contributed by atoms with Crippen LogP contribution < -0.4 is 10.6 Å². The lowest BCUT2D eigenvalue weighted by molar-refractivity contribution is 0.719. The van der Waals surface area contributed by atoms with Gasteiger partial charge in [-0.3, -0.25) is 4.98 Å². The summed E-state index contributed by atoms with van der Waals surface area (Å²) in [5, 5.41) is 19.0. The van der Waals surface area contributed by atoms with Crippen molar-refractivity contribution >= 4 is 23.3 Å². The third kappa shape index (κ3) is 4.41. The Bertz CT molecular complexity index is 867. The summed E-state index contributed by atoms with van der Waals surface area (Å²) in [5.41, 5.74) is 3.40. The van der Waals surface area contributed by atoms with E-state index in [0.29, 0.717) is 29.7 Å². The molecule has 0 fully saturated rings. The van der Waals surface area contributed by atoms with E-state index in [1.807, 2.05) is 23.7 Å². The van der Waals surface area contributed by atoms with Crippen LogP contribution in [0.5, 0.6) is 0 Å². The molecule has 1 aliphatic rings. The van der Waals surface area contributed by atoms with Crippen LogP contribution in [0.3, 0.4) is 0 Å². The standard InChI is InChI=1S/C19H20N6S/c1-13(2)17-12-26-18(24-17)15(10-20)16-6-9-23-19(25-16)22-8-5-14-4-3-7-21-11-14/h3-4,6-7,9,11-13,24H,5,8H2,1-2H3,(H,22,23,25). The number of anilines is 1. The van der Waals surface area contributed by atoms with Crippen molar-refractivity contribution in [3.05, 3.63) is 64.2 Å². The number of rotatable bonds is 6. The van der Waals surface area contributed by atoms with Crippen molar-refractivity contribution in [3.8, 4) is 6.07 Å². The summed E-state index contributed by atoms with van der Waals surface area (Å²) < 4.78 is 0. The van der Waals surface area contributed by atoms with E-state index in [-0.39, 0.29) is 0 Å². The van der Waals surface area contributed by atoms with Crippen LogP contribution in [0.15, 0.2) is 52.9 Å². The third-order valence-corrected chi connectivity index (χ3v) is 4.77. The van der Waals surface area contributed by atoms with Gasteiger partial charge in [-0.15, -0.1) is 0 Å². The number of thioether (sulfide) groups is 1. The van der Waals surface area contributed by atoms with Gasteiger partial charge in [0.25, 0.3) is 0 Å². The van der Waals surface area contributed by atoms with Gasteiger partial charge in [-0.25, -0.2) is 9.97 Å². The Kier molecular flexibility index (Phi) is 5.87. The van der Waals surface area contributed by atoms with E-state index in [1.54, 1.807) is 18.5 Å². The summed E-state index contributed by atoms with van der Waals surface area (Å²) in [5.74, 6) is 0.898. The van der Waals surface area contributed by atoms with Crippen molar-refractivity contribution in [2.24, 2.45) is 5.92 Å². The molecule has 132 valence electrons. The van der Waals surface area contributed by atoms with Crippen LogP contribution in [-0.2, 0) is 6.42 Å². The highest BCUT2D eigenvalue weighted by atomic mass is 32.2. The second-order valence-corrected chi connectivity index (χ2v) is 6.97. The van der Waals surface area contributed by atoms with Gasteiger partial charge in [0.05, 0.1) is 10.7 Å². The second-order valence-electron chi connectivity index (χ2n) is 6.09. The maximum Gasteiger partial charge on any atom is 0.223 e. The second kappa shape index (κ2) is 8.50. The maximum absolute atomic E-state index is 9.61. The summed E-state index contributed by atoms with van der Waals surface area (Å²) in [7, 11) is 0. The number of nitrogens with zero attached hydrogens (tertiary/aromatic N) is 4. The van der Waals surface area contributed by atoms with Gasteiger partial charge in [0, 0.05) is 30.8 Å². The van der Waals surface area contributed by atoms with Gasteiger partial charge in [0.1, 0.15) is 11.6 Å². The zero-order valence-electron chi connectivity index (χ0n) is 14.7. The molecular weight excluding hydrogens is 344 g/mol. The molecule has 0 saturated carbocycles. The fourth-order valence-electron chi connectivity index (χ4n) is 2.39. The highest BCUT2D eigenvalue weighted by molar-refractivity contribution is 8.06. The Morgan fingerprint density at radius 3 is 2.92 bits per heavy atom. The van der Waals surface area contributed by atoms with Crippen LogP contribution in [0.25, 0.3) is 5.57 Å². The molecule has 0 bridgehead atoms. The van der Waals surface area contributed by atoms with E-state index in [2.05, 4.69) is 45.5 Å². The molecule has 0 spiro atoms. The van der Waals surface area contributed by atoms with Crippen molar-refractivity contribution in [1.29, 1.82) is 5.26 Å². The number of pyridine rings is 1. The van der Waals surface area contributed by atoms with Crippen molar-refractivity contribution < 1.29 is 0 Å². The molecule has 3 rings (SSSR count). The molecule has 0 unspecified atom stereocenters. The van der Waals surface area contributed by atoms with Crippen LogP contribution in [0.1, 0.15) is 25.1 Å². The largest absolute Gasteiger partial charge is 0.354 e. The first-order valence-electron chi connectivity index (χ1n) is 8.41. The Balaban J connectivity index is 1.69. The number of aromatic nitrogens is 3. The first-order valence-corrected chi connectivity index (χ1v) is 9.29. The highest BCUT2D eigenvalue weighted by Gasteiger charge is 2.19. The van der Waals surface area contributed by atoms with Crippen LogP contribution in [0.4, 0.5) is 5.95 Å². The first-order chi connectivity index (χ1) is 12.7. The van der Waals surface area contributed by atoms with E-state index in [1.165, 1.54) is 11.8 Å². The Morgan fingerprint density at radius 2 is 2.23 bits per heavy atom. The average molecular weight is 364 g/mol. The van der Waals surface area contributed by atoms with Gasteiger partial charge in [-0.2, -0.15) is 5.26 Å². The summed E-state index contributed by atoms with van der Waals surface area (Å²) in [4.78, 5) is 12.8. The van der Waals surface area contributed by atoms with Crippen molar-refractivity contribution in [3.63, 3.8) is 0 Å².